The van der Waals surface area contributed by atoms with Gasteiger partial charge in [0.25, 0.3) is 5.91 Å². The summed E-state index contributed by atoms with van der Waals surface area (Å²) in [6.07, 6.45) is 1.52. The van der Waals surface area contributed by atoms with Gasteiger partial charge >= 0.3 is 11.9 Å². The van der Waals surface area contributed by atoms with Gasteiger partial charge in [0, 0.05) is 11.6 Å². The van der Waals surface area contributed by atoms with Crippen molar-refractivity contribution in [3.05, 3.63) is 96.0 Å². The van der Waals surface area contributed by atoms with Gasteiger partial charge in [-0.15, -0.1) is 11.3 Å². The minimum atomic E-state index is -1.43. The Hall–Kier alpha value is -2.92. The number of carbonyl (C=O) groups is 3. The van der Waals surface area contributed by atoms with E-state index in [0.29, 0.717) is 9.47 Å². The number of hydrogen-bond acceptors (Lipinski definition) is 5. The van der Waals surface area contributed by atoms with Crippen LogP contribution in [0.4, 0.5) is 0 Å². The third-order valence-corrected chi connectivity index (χ3v) is 8.61. The molecule has 0 radical (unpaired) electrons. The zero-order valence-electron chi connectivity index (χ0n) is 18.8. The number of rotatable bonds is 4. The molecule has 38 heavy (non-hydrogen) atoms. The molecule has 5 aromatic rings. The first-order chi connectivity index (χ1) is 18.0. The van der Waals surface area contributed by atoms with E-state index in [4.69, 9.17) is 63.7 Å². The standard InChI is InChI=1S/C16H7Cl4NO3.C9H7NO2S2/c17-11-9(10(16(23)24)12(18)14(20)13(11)19)15(22)21-6-5-7-3-1-2-4-8(7)21;11-8(12)5-10-6-3-1-2-4-7(6)14-9(10)13/h1-6H,(H,23,24);1-4H,5H2,(H,11,12). The Morgan fingerprint density at radius 3 is 2.00 bits per heavy atom. The van der Waals surface area contributed by atoms with E-state index in [1.165, 1.54) is 22.1 Å². The Kier molecular flexibility index (Phi) is 8.46. The highest BCUT2D eigenvalue weighted by Gasteiger charge is 2.30. The van der Waals surface area contributed by atoms with E-state index < -0.39 is 23.4 Å². The summed E-state index contributed by atoms with van der Waals surface area (Å²) in [5.41, 5.74) is 0.686. The molecule has 194 valence electrons. The van der Waals surface area contributed by atoms with Crippen molar-refractivity contribution >= 4 is 109 Å². The van der Waals surface area contributed by atoms with E-state index in [9.17, 15) is 19.5 Å². The molecule has 2 N–H and O–H groups in total. The van der Waals surface area contributed by atoms with Gasteiger partial charge in [-0.2, -0.15) is 0 Å². The first-order valence-electron chi connectivity index (χ1n) is 10.5. The fourth-order valence-corrected chi connectivity index (χ4v) is 6.05. The molecule has 0 spiro atoms. The maximum Gasteiger partial charge on any atom is 0.338 e. The maximum atomic E-state index is 12.9. The second kappa shape index (κ2) is 11.4. The fourth-order valence-electron chi connectivity index (χ4n) is 3.71. The minimum Gasteiger partial charge on any atom is -0.480 e. The SMILES string of the molecule is O=C(O)Cn1c(=S)sc2ccccc21.O=C(O)c1c(Cl)c(Cl)c(Cl)c(Cl)c1C(=O)n1ccc2ccccc21. The summed E-state index contributed by atoms with van der Waals surface area (Å²) in [5, 5.41) is 18.0. The number of aromatic nitrogens is 2. The molecular weight excluding hydrogens is 614 g/mol. The Morgan fingerprint density at radius 2 is 1.37 bits per heavy atom. The number of aliphatic carboxylic acids is 1. The van der Waals surface area contributed by atoms with Crippen molar-refractivity contribution in [3.8, 4) is 0 Å². The van der Waals surface area contributed by atoms with Crippen LogP contribution in [-0.2, 0) is 11.3 Å². The molecule has 0 aliphatic heterocycles. The molecule has 0 fully saturated rings. The number of hydrogen-bond donors (Lipinski definition) is 2. The van der Waals surface area contributed by atoms with Crippen LogP contribution in [0.5, 0.6) is 0 Å². The van der Waals surface area contributed by atoms with E-state index in [2.05, 4.69) is 0 Å². The fraction of sp³-hybridized carbons (Fsp3) is 0.0400. The molecule has 2 heterocycles. The Bertz CT molecular complexity index is 1810. The van der Waals surface area contributed by atoms with Gasteiger partial charge in [0.15, 0.2) is 3.95 Å². The molecule has 0 aliphatic carbocycles. The first kappa shape index (κ1) is 28.1. The third-order valence-electron chi connectivity index (χ3n) is 5.38. The lowest BCUT2D eigenvalue weighted by atomic mass is 10.1. The molecule has 5 rings (SSSR count). The third kappa shape index (κ3) is 5.31. The molecule has 0 saturated heterocycles. The topological polar surface area (TPSA) is 102 Å². The highest BCUT2D eigenvalue weighted by atomic mass is 35.5. The predicted octanol–water partition coefficient (Wildman–Crippen LogP) is 8.16. The number of halogens is 4. The molecule has 13 heteroatoms. The molecule has 0 atom stereocenters. The molecule has 0 aliphatic rings. The van der Waals surface area contributed by atoms with Crippen molar-refractivity contribution in [1.29, 1.82) is 0 Å². The van der Waals surface area contributed by atoms with Crippen LogP contribution in [0.3, 0.4) is 0 Å². The molecule has 0 bridgehead atoms. The Labute approximate surface area is 244 Å². The summed E-state index contributed by atoms with van der Waals surface area (Å²) in [4.78, 5) is 35.1. The van der Waals surface area contributed by atoms with Crippen LogP contribution in [0.1, 0.15) is 20.7 Å². The average Bonchev–Trinajstić information content (AvgIpc) is 3.45. The van der Waals surface area contributed by atoms with Crippen LogP contribution >= 0.6 is 70.0 Å². The molecule has 2 aromatic heterocycles. The molecule has 0 amide bonds. The van der Waals surface area contributed by atoms with Crippen LogP contribution in [0.25, 0.3) is 21.1 Å². The summed E-state index contributed by atoms with van der Waals surface area (Å²) < 4.78 is 4.55. The van der Waals surface area contributed by atoms with Gasteiger partial charge in [-0.25, -0.2) is 4.79 Å². The van der Waals surface area contributed by atoms with Crippen molar-refractivity contribution in [3.63, 3.8) is 0 Å². The Morgan fingerprint density at radius 1 is 0.789 bits per heavy atom. The van der Waals surface area contributed by atoms with Crippen LogP contribution in [0.15, 0.2) is 60.8 Å². The normalized spacial score (nSPS) is 10.8. The minimum absolute atomic E-state index is 0.0666. The quantitative estimate of drug-likeness (QED) is 0.118. The van der Waals surface area contributed by atoms with Gasteiger partial charge in [0.1, 0.15) is 6.54 Å². The zero-order valence-corrected chi connectivity index (χ0v) is 23.5. The van der Waals surface area contributed by atoms with Gasteiger partial charge in [0.2, 0.25) is 0 Å². The number of aromatic carboxylic acids is 1. The van der Waals surface area contributed by atoms with Crippen LogP contribution in [0.2, 0.25) is 20.1 Å². The highest BCUT2D eigenvalue weighted by Crippen LogP contribution is 2.42. The summed E-state index contributed by atoms with van der Waals surface area (Å²) in [6, 6.07) is 16.5. The highest BCUT2D eigenvalue weighted by molar-refractivity contribution is 7.73. The summed E-state index contributed by atoms with van der Waals surface area (Å²) >= 11 is 30.5. The number of benzene rings is 3. The largest absolute Gasteiger partial charge is 0.480 e. The van der Waals surface area contributed by atoms with Crippen molar-refractivity contribution in [2.45, 2.75) is 6.54 Å². The maximum absolute atomic E-state index is 12.9. The van der Waals surface area contributed by atoms with Crippen molar-refractivity contribution in [2.24, 2.45) is 0 Å². The summed E-state index contributed by atoms with van der Waals surface area (Å²) in [5.74, 6) is -2.97. The first-order valence-corrected chi connectivity index (χ1v) is 13.3. The molecule has 3 aromatic carbocycles. The lowest BCUT2D eigenvalue weighted by Crippen LogP contribution is -2.17. The number of para-hydroxylation sites is 2. The zero-order chi connectivity index (χ0) is 27.7. The van der Waals surface area contributed by atoms with E-state index in [1.54, 1.807) is 22.8 Å². The lowest BCUT2D eigenvalue weighted by Gasteiger charge is -2.14. The van der Waals surface area contributed by atoms with Crippen molar-refractivity contribution < 1.29 is 24.6 Å². The predicted molar refractivity (Wildman–Crippen MR) is 153 cm³/mol. The van der Waals surface area contributed by atoms with Crippen LogP contribution in [0, 0.1) is 3.95 Å². The van der Waals surface area contributed by atoms with Crippen molar-refractivity contribution in [2.75, 3.05) is 0 Å². The van der Waals surface area contributed by atoms with E-state index in [-0.39, 0.29) is 32.2 Å². The van der Waals surface area contributed by atoms with E-state index in [0.717, 1.165) is 15.6 Å². The van der Waals surface area contributed by atoms with E-state index in [1.807, 2.05) is 36.4 Å². The molecular formula is C25H14Cl4N2O5S2. The van der Waals surface area contributed by atoms with Gasteiger partial charge in [-0.05, 0) is 36.5 Å². The van der Waals surface area contributed by atoms with Crippen LogP contribution in [-0.4, -0.2) is 37.2 Å². The number of carboxylic acids is 2. The smallest absolute Gasteiger partial charge is 0.338 e. The van der Waals surface area contributed by atoms with Crippen LogP contribution < -0.4 is 0 Å². The summed E-state index contributed by atoms with van der Waals surface area (Å²) in [7, 11) is 0. The van der Waals surface area contributed by atoms with Gasteiger partial charge in [-0.3, -0.25) is 14.2 Å². The number of thiazole rings is 1. The lowest BCUT2D eigenvalue weighted by molar-refractivity contribution is -0.137. The number of nitrogens with zero attached hydrogens (tertiary/aromatic N) is 2. The Balaban J connectivity index is 0.000000204. The monoisotopic (exact) mass is 626 g/mol. The second-order valence-corrected chi connectivity index (χ2v) is 10.9. The number of carbonyl (C=O) groups excluding carboxylic acids is 1. The number of carboxylic acid groups (broad SMARTS) is 2. The molecule has 0 unspecified atom stereocenters. The molecule has 7 nitrogen and oxygen atoms in total. The number of fused-ring (bicyclic) bond motifs is 2. The van der Waals surface area contributed by atoms with Crippen molar-refractivity contribution in [1.82, 2.24) is 9.13 Å². The van der Waals surface area contributed by atoms with Gasteiger partial charge < -0.3 is 14.8 Å². The molecule has 0 saturated carbocycles. The second-order valence-electron chi connectivity index (χ2n) is 7.68. The van der Waals surface area contributed by atoms with Gasteiger partial charge in [0.05, 0.1) is 47.0 Å². The van der Waals surface area contributed by atoms with Gasteiger partial charge in [-0.1, -0.05) is 76.7 Å². The van der Waals surface area contributed by atoms with E-state index >= 15 is 0 Å². The average molecular weight is 628 g/mol. The summed E-state index contributed by atoms with van der Waals surface area (Å²) in [6.45, 7) is -0.0666.